The third kappa shape index (κ3) is 3.98. The number of rotatable bonds is 7. The SMILES string of the molecule is CC(CCc1ccccc1)NC(=O)CSc1n[nH]c2nc3ccccc3n12. The predicted octanol–water partition coefficient (Wildman–Crippen LogP) is 3.44. The summed E-state index contributed by atoms with van der Waals surface area (Å²) in [4.78, 5) is 16.8. The van der Waals surface area contributed by atoms with Crippen LogP contribution >= 0.6 is 11.8 Å². The molecule has 0 spiro atoms. The number of nitrogens with zero attached hydrogens (tertiary/aromatic N) is 3. The second-order valence-electron chi connectivity index (χ2n) is 6.55. The maximum atomic E-state index is 12.3. The van der Waals surface area contributed by atoms with E-state index in [-0.39, 0.29) is 11.9 Å². The molecule has 2 heterocycles. The maximum absolute atomic E-state index is 12.3. The van der Waals surface area contributed by atoms with Gasteiger partial charge in [-0.2, -0.15) is 0 Å². The normalized spacial score (nSPS) is 12.5. The fraction of sp³-hybridized carbons (Fsp3) is 0.250. The summed E-state index contributed by atoms with van der Waals surface area (Å²) < 4.78 is 1.95. The Morgan fingerprint density at radius 2 is 1.96 bits per heavy atom. The molecule has 7 heteroatoms. The van der Waals surface area contributed by atoms with Crippen LogP contribution in [0.3, 0.4) is 0 Å². The van der Waals surface area contributed by atoms with Crippen LogP contribution in [0.2, 0.25) is 0 Å². The van der Waals surface area contributed by atoms with E-state index >= 15 is 0 Å². The van der Waals surface area contributed by atoms with Gasteiger partial charge >= 0.3 is 0 Å². The topological polar surface area (TPSA) is 75.1 Å². The molecule has 0 radical (unpaired) electrons. The highest BCUT2D eigenvalue weighted by atomic mass is 32.2. The molecule has 0 saturated carbocycles. The Morgan fingerprint density at radius 3 is 2.81 bits per heavy atom. The molecule has 2 aromatic carbocycles. The van der Waals surface area contributed by atoms with Gasteiger partial charge in [0.15, 0.2) is 5.16 Å². The Kier molecular flexibility index (Phi) is 5.11. The van der Waals surface area contributed by atoms with Gasteiger partial charge in [0, 0.05) is 6.04 Å². The average Bonchev–Trinajstić information content (AvgIpc) is 3.25. The number of carbonyl (C=O) groups is 1. The number of aromatic nitrogens is 4. The van der Waals surface area contributed by atoms with Gasteiger partial charge in [-0.3, -0.25) is 9.20 Å². The molecule has 27 heavy (non-hydrogen) atoms. The van der Waals surface area contributed by atoms with Gasteiger partial charge in [-0.25, -0.2) is 10.1 Å². The number of thioether (sulfide) groups is 1. The van der Waals surface area contributed by atoms with E-state index in [0.717, 1.165) is 29.0 Å². The fourth-order valence-electron chi connectivity index (χ4n) is 3.09. The Morgan fingerprint density at radius 1 is 1.19 bits per heavy atom. The van der Waals surface area contributed by atoms with Gasteiger partial charge in [0.25, 0.3) is 0 Å². The second kappa shape index (κ2) is 7.84. The van der Waals surface area contributed by atoms with Gasteiger partial charge in [-0.15, -0.1) is 5.10 Å². The number of aromatic amines is 1. The van der Waals surface area contributed by atoms with Gasteiger partial charge in [0.1, 0.15) is 0 Å². The van der Waals surface area contributed by atoms with E-state index in [4.69, 9.17) is 0 Å². The van der Waals surface area contributed by atoms with Crippen molar-refractivity contribution in [2.24, 2.45) is 0 Å². The van der Waals surface area contributed by atoms with Crippen LogP contribution in [0, 0.1) is 0 Å². The van der Waals surface area contributed by atoms with Gasteiger partial charge in [-0.1, -0.05) is 54.2 Å². The van der Waals surface area contributed by atoms with Crippen molar-refractivity contribution < 1.29 is 4.79 Å². The molecule has 138 valence electrons. The Labute approximate surface area is 161 Å². The van der Waals surface area contributed by atoms with E-state index in [9.17, 15) is 4.79 Å². The van der Waals surface area contributed by atoms with Crippen LogP contribution < -0.4 is 5.32 Å². The smallest absolute Gasteiger partial charge is 0.231 e. The van der Waals surface area contributed by atoms with Crippen LogP contribution in [0.1, 0.15) is 18.9 Å². The van der Waals surface area contributed by atoms with Crippen molar-refractivity contribution in [3.8, 4) is 0 Å². The molecule has 0 aliphatic carbocycles. The van der Waals surface area contributed by atoms with Gasteiger partial charge in [0.05, 0.1) is 16.8 Å². The summed E-state index contributed by atoms with van der Waals surface area (Å²) in [7, 11) is 0. The second-order valence-corrected chi connectivity index (χ2v) is 7.49. The number of hydrogen-bond acceptors (Lipinski definition) is 4. The van der Waals surface area contributed by atoms with E-state index in [1.165, 1.54) is 17.3 Å². The van der Waals surface area contributed by atoms with E-state index in [1.54, 1.807) is 0 Å². The van der Waals surface area contributed by atoms with Crippen LogP contribution in [0.4, 0.5) is 0 Å². The highest BCUT2D eigenvalue weighted by Gasteiger charge is 2.14. The number of nitrogens with one attached hydrogen (secondary N) is 2. The molecule has 0 saturated heterocycles. The van der Waals surface area contributed by atoms with Crippen molar-refractivity contribution in [3.63, 3.8) is 0 Å². The standard InChI is InChI=1S/C20H21N5OS/c1-14(11-12-15-7-3-2-4-8-15)21-18(26)13-27-20-24-23-19-22-16-9-5-6-10-17(16)25(19)20/h2-10,14H,11-13H2,1H3,(H,21,26)(H,22,23). The molecule has 0 fully saturated rings. The Balaban J connectivity index is 1.33. The van der Waals surface area contributed by atoms with Crippen LogP contribution in [-0.4, -0.2) is 37.3 Å². The van der Waals surface area contributed by atoms with Gasteiger partial charge in [0.2, 0.25) is 11.7 Å². The number of amides is 1. The zero-order chi connectivity index (χ0) is 18.6. The number of aryl methyl sites for hydroxylation is 1. The highest BCUT2D eigenvalue weighted by molar-refractivity contribution is 7.99. The van der Waals surface area contributed by atoms with Crippen molar-refractivity contribution in [1.82, 2.24) is 24.9 Å². The lowest BCUT2D eigenvalue weighted by molar-refractivity contribution is -0.119. The number of hydrogen-bond donors (Lipinski definition) is 2. The Hall–Kier alpha value is -2.80. The number of benzene rings is 2. The summed E-state index contributed by atoms with van der Waals surface area (Å²) >= 11 is 1.41. The monoisotopic (exact) mass is 379 g/mol. The third-order valence-corrected chi connectivity index (χ3v) is 5.39. The van der Waals surface area contributed by atoms with E-state index in [2.05, 4.69) is 32.6 Å². The molecule has 0 aliphatic rings. The number of imidazole rings is 1. The maximum Gasteiger partial charge on any atom is 0.231 e. The molecule has 6 nitrogen and oxygen atoms in total. The van der Waals surface area contributed by atoms with Crippen LogP contribution in [0.15, 0.2) is 59.8 Å². The lowest BCUT2D eigenvalue weighted by atomic mass is 10.1. The zero-order valence-corrected chi connectivity index (χ0v) is 15.9. The molecule has 1 amide bonds. The molecule has 0 bridgehead atoms. The molecule has 1 unspecified atom stereocenters. The first-order chi connectivity index (χ1) is 13.2. The average molecular weight is 379 g/mol. The first-order valence-corrected chi connectivity index (χ1v) is 9.97. The molecule has 1 atom stereocenters. The number of carbonyl (C=O) groups excluding carboxylic acids is 1. The summed E-state index contributed by atoms with van der Waals surface area (Å²) in [6.45, 7) is 2.04. The van der Waals surface area contributed by atoms with Crippen molar-refractivity contribution in [1.29, 1.82) is 0 Å². The lowest BCUT2D eigenvalue weighted by Crippen LogP contribution is -2.34. The molecule has 2 aromatic heterocycles. The molecule has 0 aliphatic heterocycles. The lowest BCUT2D eigenvalue weighted by Gasteiger charge is -2.13. The van der Waals surface area contributed by atoms with Gasteiger partial charge < -0.3 is 5.32 Å². The number of para-hydroxylation sites is 2. The van der Waals surface area contributed by atoms with Crippen LogP contribution in [-0.2, 0) is 11.2 Å². The fourth-order valence-corrected chi connectivity index (χ4v) is 3.85. The van der Waals surface area contributed by atoms with Crippen molar-refractivity contribution in [2.45, 2.75) is 31.0 Å². The summed E-state index contributed by atoms with van der Waals surface area (Å²) in [6, 6.07) is 18.4. The molecule has 4 rings (SSSR count). The summed E-state index contributed by atoms with van der Waals surface area (Å²) in [5.74, 6) is 1.03. The minimum absolute atomic E-state index is 0.0149. The molecule has 4 aromatic rings. The first kappa shape index (κ1) is 17.6. The largest absolute Gasteiger partial charge is 0.353 e. The van der Waals surface area contributed by atoms with Crippen molar-refractivity contribution >= 4 is 34.5 Å². The quantitative estimate of drug-likeness (QED) is 0.482. The summed E-state index contributed by atoms with van der Waals surface area (Å²) in [6.07, 6.45) is 1.87. The number of fused-ring (bicyclic) bond motifs is 3. The predicted molar refractivity (Wildman–Crippen MR) is 108 cm³/mol. The van der Waals surface area contributed by atoms with E-state index in [0.29, 0.717) is 11.5 Å². The van der Waals surface area contributed by atoms with Crippen molar-refractivity contribution in [3.05, 3.63) is 60.2 Å². The minimum Gasteiger partial charge on any atom is -0.353 e. The number of H-pyrrole nitrogens is 1. The molecule has 2 N–H and O–H groups in total. The molecular weight excluding hydrogens is 358 g/mol. The van der Waals surface area contributed by atoms with Crippen molar-refractivity contribution in [2.75, 3.05) is 5.75 Å². The van der Waals surface area contributed by atoms with E-state index in [1.807, 2.05) is 53.8 Å². The van der Waals surface area contributed by atoms with Crippen LogP contribution in [0.25, 0.3) is 16.8 Å². The highest BCUT2D eigenvalue weighted by Crippen LogP contribution is 2.22. The third-order valence-electron chi connectivity index (χ3n) is 4.45. The summed E-state index contributed by atoms with van der Waals surface area (Å²) in [5, 5.41) is 11.0. The van der Waals surface area contributed by atoms with Gasteiger partial charge in [-0.05, 0) is 37.5 Å². The van der Waals surface area contributed by atoms with Crippen LogP contribution in [0.5, 0.6) is 0 Å². The first-order valence-electron chi connectivity index (χ1n) is 8.98. The minimum atomic E-state index is 0.0149. The Bertz CT molecular complexity index is 1060. The molecular formula is C20H21N5OS. The summed E-state index contributed by atoms with van der Waals surface area (Å²) in [5.41, 5.74) is 3.19. The van der Waals surface area contributed by atoms with E-state index < -0.39 is 0 Å². The zero-order valence-electron chi connectivity index (χ0n) is 15.1.